The molecule has 204 valence electrons. The van der Waals surface area contributed by atoms with Crippen LogP contribution in [0.5, 0.6) is 0 Å². The number of benzene rings is 1. The van der Waals surface area contributed by atoms with Gasteiger partial charge in [-0.25, -0.2) is 14.2 Å². The molecule has 0 spiro atoms. The Kier molecular flexibility index (Phi) is 5.89. The van der Waals surface area contributed by atoms with Crippen LogP contribution in [0.2, 0.25) is 0 Å². The van der Waals surface area contributed by atoms with Gasteiger partial charge in [0.25, 0.3) is 5.56 Å². The minimum atomic E-state index is -1.95. The summed E-state index contributed by atoms with van der Waals surface area (Å²) in [6, 6.07) is 2.68. The minimum Gasteiger partial charge on any atom is -0.458 e. The van der Waals surface area contributed by atoms with Gasteiger partial charge in [-0.1, -0.05) is 6.92 Å². The summed E-state index contributed by atoms with van der Waals surface area (Å²) < 4.78 is 21.8. The largest absolute Gasteiger partial charge is 0.458 e. The third-order valence-corrected chi connectivity index (χ3v) is 8.69. The Labute approximate surface area is 223 Å². The Bertz CT molecular complexity index is 1650. The van der Waals surface area contributed by atoms with Crippen molar-refractivity contribution in [2.75, 3.05) is 13.2 Å². The molecule has 0 unspecified atom stereocenters. The highest BCUT2D eigenvalue weighted by Crippen LogP contribution is 2.47. The molecule has 2 N–H and O–H groups in total. The van der Waals surface area contributed by atoms with E-state index < -0.39 is 11.6 Å². The second-order valence-electron chi connectivity index (χ2n) is 10.7. The molecule has 0 saturated heterocycles. The van der Waals surface area contributed by atoms with E-state index in [0.717, 1.165) is 22.1 Å². The average molecular weight is 536 g/mol. The maximum Gasteiger partial charge on any atom is 0.343 e. The fourth-order valence-electron chi connectivity index (χ4n) is 6.62. The number of nitrogens with zero attached hydrogens (tertiary/aromatic N) is 3. The molecule has 2 atom stereocenters. The van der Waals surface area contributed by atoms with Gasteiger partial charge in [0.2, 0.25) is 5.91 Å². The zero-order valence-corrected chi connectivity index (χ0v) is 22.1. The molecule has 0 fully saturated rings. The number of cyclic esters (lactones) is 1. The van der Waals surface area contributed by atoms with Gasteiger partial charge in [0, 0.05) is 42.7 Å². The van der Waals surface area contributed by atoms with E-state index in [4.69, 9.17) is 9.72 Å². The van der Waals surface area contributed by atoms with Crippen LogP contribution in [-0.2, 0) is 39.5 Å². The van der Waals surface area contributed by atoms with Crippen molar-refractivity contribution in [1.82, 2.24) is 14.5 Å². The minimum absolute atomic E-state index is 0.0271. The first-order chi connectivity index (χ1) is 18.6. The number of fused-ring (bicyclic) bond motifs is 5. The highest BCUT2D eigenvalue weighted by molar-refractivity contribution is 5.93. The SMILES string of the molecule is CC[C@@]1(O)C(=O)OCc2c1cc1n(c2=O)Cc2c-1nc1cc(F)c(C)c3c1c2[C@@H](N(CCCO)C(C)=O)CC3. The van der Waals surface area contributed by atoms with Crippen LogP contribution in [0.3, 0.4) is 0 Å². The maximum absolute atomic E-state index is 15.1. The number of ether oxygens (including phenoxy) is 1. The number of aryl methyl sites for hydroxylation is 1. The summed E-state index contributed by atoms with van der Waals surface area (Å²) in [4.78, 5) is 45.7. The first-order valence-electron chi connectivity index (χ1n) is 13.3. The number of aliphatic hydroxyl groups is 2. The van der Waals surface area contributed by atoms with E-state index in [9.17, 15) is 24.6 Å². The third kappa shape index (κ3) is 3.50. The van der Waals surface area contributed by atoms with Crippen LogP contribution in [0.25, 0.3) is 22.3 Å². The quantitative estimate of drug-likeness (QED) is 0.377. The standard InChI is InChI=1S/C29H30FN3O6/c1-4-29(38)19-10-23-26-17(12-33(23)27(36)18(19)13-39-28(29)37)25-22(32(15(3)35)8-5-9-34)7-6-16-14(2)20(30)11-21(31-26)24(16)25/h10-11,22,34,38H,4-9,12-13H2,1-3H3/t22-,29-/m0/s1. The fourth-order valence-corrected chi connectivity index (χ4v) is 6.62. The summed E-state index contributed by atoms with van der Waals surface area (Å²) >= 11 is 0. The molecule has 0 radical (unpaired) electrons. The molecule has 4 heterocycles. The van der Waals surface area contributed by atoms with E-state index in [1.165, 1.54) is 13.0 Å². The van der Waals surface area contributed by atoms with Crippen LogP contribution in [0.1, 0.15) is 72.5 Å². The number of hydrogen-bond acceptors (Lipinski definition) is 7. The van der Waals surface area contributed by atoms with Crippen LogP contribution in [0.15, 0.2) is 16.9 Å². The third-order valence-electron chi connectivity index (χ3n) is 8.69. The number of carbonyl (C=O) groups excluding carboxylic acids is 2. The van der Waals surface area contributed by atoms with Crippen molar-refractivity contribution < 1.29 is 28.9 Å². The molecule has 0 saturated carbocycles. The summed E-state index contributed by atoms with van der Waals surface area (Å²) in [7, 11) is 0. The summed E-state index contributed by atoms with van der Waals surface area (Å²) in [5, 5.41) is 21.5. The van der Waals surface area contributed by atoms with Crippen LogP contribution < -0.4 is 5.56 Å². The van der Waals surface area contributed by atoms with Crippen molar-refractivity contribution in [2.45, 2.75) is 71.2 Å². The molecule has 10 heteroatoms. The molecule has 3 aliphatic rings. The number of carbonyl (C=O) groups is 2. The Hall–Kier alpha value is -3.63. The van der Waals surface area contributed by atoms with Gasteiger partial charge >= 0.3 is 5.97 Å². The van der Waals surface area contributed by atoms with Gasteiger partial charge in [-0.05, 0) is 55.4 Å². The molecule has 9 nitrogen and oxygen atoms in total. The van der Waals surface area contributed by atoms with Crippen molar-refractivity contribution in [3.8, 4) is 11.4 Å². The predicted molar refractivity (Wildman–Crippen MR) is 139 cm³/mol. The predicted octanol–water partition coefficient (Wildman–Crippen LogP) is 2.75. The molecule has 6 rings (SSSR count). The lowest BCUT2D eigenvalue weighted by molar-refractivity contribution is -0.172. The fraction of sp³-hybridized carbons (Fsp3) is 0.448. The number of pyridine rings is 2. The van der Waals surface area contributed by atoms with E-state index in [1.807, 2.05) is 0 Å². The molecule has 1 aliphatic carbocycles. The molecule has 2 aliphatic heterocycles. The van der Waals surface area contributed by atoms with Crippen molar-refractivity contribution in [2.24, 2.45) is 0 Å². The van der Waals surface area contributed by atoms with Crippen molar-refractivity contribution in [3.63, 3.8) is 0 Å². The van der Waals surface area contributed by atoms with Crippen LogP contribution in [0.4, 0.5) is 4.39 Å². The number of amides is 1. The Balaban J connectivity index is 1.66. The summed E-state index contributed by atoms with van der Waals surface area (Å²) in [6.07, 6.45) is 1.57. The van der Waals surface area contributed by atoms with Crippen LogP contribution in [-0.4, -0.2) is 49.7 Å². The average Bonchev–Trinajstić information content (AvgIpc) is 3.28. The number of hydrogen-bond donors (Lipinski definition) is 2. The Morgan fingerprint density at radius 2 is 2.05 bits per heavy atom. The van der Waals surface area contributed by atoms with Gasteiger partial charge in [-0.2, -0.15) is 0 Å². The summed E-state index contributed by atoms with van der Waals surface area (Å²) in [5.74, 6) is -1.31. The van der Waals surface area contributed by atoms with E-state index in [0.29, 0.717) is 48.3 Å². The van der Waals surface area contributed by atoms with Crippen LogP contribution in [0, 0.1) is 12.7 Å². The number of esters is 1. The lowest BCUT2D eigenvalue weighted by Crippen LogP contribution is -2.44. The van der Waals surface area contributed by atoms with Gasteiger partial charge in [-0.3, -0.25) is 9.59 Å². The van der Waals surface area contributed by atoms with E-state index in [-0.39, 0.29) is 60.6 Å². The van der Waals surface area contributed by atoms with Crippen molar-refractivity contribution in [1.29, 1.82) is 0 Å². The smallest absolute Gasteiger partial charge is 0.343 e. The lowest BCUT2D eigenvalue weighted by atomic mass is 9.81. The molecule has 0 bridgehead atoms. The maximum atomic E-state index is 15.1. The number of aromatic nitrogens is 2. The number of halogens is 1. The Morgan fingerprint density at radius 1 is 1.28 bits per heavy atom. The molecular weight excluding hydrogens is 505 g/mol. The first kappa shape index (κ1) is 25.6. The van der Waals surface area contributed by atoms with Gasteiger partial charge in [0.1, 0.15) is 12.4 Å². The molecule has 1 aromatic carbocycles. The van der Waals surface area contributed by atoms with Crippen molar-refractivity contribution in [3.05, 3.63) is 61.7 Å². The first-order valence-corrected chi connectivity index (χ1v) is 13.3. The summed E-state index contributed by atoms with van der Waals surface area (Å²) in [6.45, 7) is 5.13. The molecule has 1 amide bonds. The van der Waals surface area contributed by atoms with Crippen LogP contribution >= 0.6 is 0 Å². The monoisotopic (exact) mass is 535 g/mol. The van der Waals surface area contributed by atoms with Gasteiger partial charge < -0.3 is 24.4 Å². The topological polar surface area (TPSA) is 122 Å². The highest BCUT2D eigenvalue weighted by atomic mass is 19.1. The van der Waals surface area contributed by atoms with Crippen molar-refractivity contribution >= 4 is 22.8 Å². The molecule has 2 aromatic heterocycles. The lowest BCUT2D eigenvalue weighted by Gasteiger charge is -2.37. The Morgan fingerprint density at radius 3 is 2.74 bits per heavy atom. The van der Waals surface area contributed by atoms with E-state index >= 15 is 4.39 Å². The van der Waals surface area contributed by atoms with Gasteiger partial charge in [0.15, 0.2) is 5.60 Å². The molecule has 39 heavy (non-hydrogen) atoms. The number of aliphatic hydroxyl groups excluding tert-OH is 1. The number of rotatable bonds is 5. The zero-order chi connectivity index (χ0) is 27.8. The van der Waals surface area contributed by atoms with Gasteiger partial charge in [-0.15, -0.1) is 0 Å². The van der Waals surface area contributed by atoms with E-state index in [2.05, 4.69) is 0 Å². The highest BCUT2D eigenvalue weighted by Gasteiger charge is 2.46. The second kappa shape index (κ2) is 8.96. The van der Waals surface area contributed by atoms with E-state index in [1.54, 1.807) is 29.4 Å². The molecule has 3 aromatic rings. The zero-order valence-electron chi connectivity index (χ0n) is 22.1. The second-order valence-corrected chi connectivity index (χ2v) is 10.7. The van der Waals surface area contributed by atoms with Gasteiger partial charge in [0.05, 0.1) is 35.1 Å². The normalized spacial score (nSPS) is 20.9. The molecular formula is C29H30FN3O6. The summed E-state index contributed by atoms with van der Waals surface area (Å²) in [5.41, 5.74) is 2.43.